The zero-order valence-electron chi connectivity index (χ0n) is 11.0. The molecule has 21 heavy (non-hydrogen) atoms. The van der Waals surface area contributed by atoms with Gasteiger partial charge in [0, 0.05) is 22.5 Å². The first kappa shape index (κ1) is 14.2. The van der Waals surface area contributed by atoms with Gasteiger partial charge in [-0.1, -0.05) is 5.16 Å². The van der Waals surface area contributed by atoms with Crippen LogP contribution in [0, 0.1) is 0 Å². The van der Waals surface area contributed by atoms with Crippen molar-refractivity contribution >= 4 is 32.4 Å². The van der Waals surface area contributed by atoms with Crippen LogP contribution in [0.25, 0.3) is 11.5 Å². The number of nitrogen functional groups attached to an aromatic ring is 1. The quantitative estimate of drug-likeness (QED) is 0.746. The molecule has 0 amide bonds. The van der Waals surface area contributed by atoms with Gasteiger partial charge in [0.2, 0.25) is 11.7 Å². The smallest absolute Gasteiger partial charge is 0.227 e. The number of rotatable bonds is 5. The van der Waals surface area contributed by atoms with Crippen molar-refractivity contribution in [2.75, 3.05) is 5.73 Å². The summed E-state index contributed by atoms with van der Waals surface area (Å²) in [5.74, 6) is 1.10. The Bertz CT molecular complexity index is 742. The van der Waals surface area contributed by atoms with E-state index in [0.717, 1.165) is 23.0 Å². The predicted molar refractivity (Wildman–Crippen MR) is 83.8 cm³/mol. The Labute approximate surface area is 133 Å². The van der Waals surface area contributed by atoms with Gasteiger partial charge in [-0.25, -0.2) is 4.98 Å². The minimum Gasteiger partial charge on any atom is -0.375 e. The van der Waals surface area contributed by atoms with Crippen molar-refractivity contribution in [3.8, 4) is 11.5 Å². The molecular weight excluding hydrogens is 354 g/mol. The molecule has 3 rings (SSSR count). The molecule has 0 bridgehead atoms. The minimum absolute atomic E-state index is 0.496. The summed E-state index contributed by atoms with van der Waals surface area (Å²) in [4.78, 5) is 12.8. The first-order chi connectivity index (χ1) is 10.2. The molecule has 0 fully saturated rings. The van der Waals surface area contributed by atoms with Crippen molar-refractivity contribution in [2.24, 2.45) is 0 Å². The van der Waals surface area contributed by atoms with Crippen molar-refractivity contribution in [1.82, 2.24) is 20.1 Å². The standard InChI is InChI=1S/C13H12BrN5OS/c14-9-4-2-6-16-11(9)12-18-10(20-19-12)5-1-3-8-7-21-13(15)17-8/h2,4,6-7H,1,3,5H2,(H2,15,17). The highest BCUT2D eigenvalue weighted by atomic mass is 79.9. The third-order valence-corrected chi connectivity index (χ3v) is 4.19. The van der Waals surface area contributed by atoms with Crippen LogP contribution in [0.2, 0.25) is 0 Å². The van der Waals surface area contributed by atoms with Gasteiger partial charge in [-0.2, -0.15) is 4.98 Å². The summed E-state index contributed by atoms with van der Waals surface area (Å²) in [6, 6.07) is 3.74. The number of aromatic nitrogens is 4. The van der Waals surface area contributed by atoms with Crippen molar-refractivity contribution in [2.45, 2.75) is 19.3 Å². The van der Waals surface area contributed by atoms with E-state index in [2.05, 4.69) is 36.0 Å². The summed E-state index contributed by atoms with van der Waals surface area (Å²) in [6.07, 6.45) is 4.13. The number of aryl methyl sites for hydroxylation is 2. The molecule has 3 aromatic heterocycles. The minimum atomic E-state index is 0.496. The summed E-state index contributed by atoms with van der Waals surface area (Å²) in [7, 11) is 0. The van der Waals surface area contributed by atoms with Crippen molar-refractivity contribution in [3.63, 3.8) is 0 Å². The van der Waals surface area contributed by atoms with Gasteiger partial charge in [0.1, 0.15) is 5.69 Å². The van der Waals surface area contributed by atoms with E-state index in [0.29, 0.717) is 29.0 Å². The number of pyridine rings is 1. The monoisotopic (exact) mass is 365 g/mol. The normalized spacial score (nSPS) is 10.9. The van der Waals surface area contributed by atoms with Gasteiger partial charge < -0.3 is 10.3 Å². The van der Waals surface area contributed by atoms with Crippen molar-refractivity contribution < 1.29 is 4.52 Å². The average Bonchev–Trinajstić information content (AvgIpc) is 3.09. The molecule has 3 aromatic rings. The van der Waals surface area contributed by atoms with Crippen LogP contribution in [-0.2, 0) is 12.8 Å². The molecule has 0 aliphatic heterocycles. The highest BCUT2D eigenvalue weighted by Gasteiger charge is 2.12. The number of anilines is 1. The van der Waals surface area contributed by atoms with Gasteiger partial charge in [-0.05, 0) is 40.9 Å². The lowest BCUT2D eigenvalue weighted by atomic mass is 10.2. The number of halogens is 1. The topological polar surface area (TPSA) is 90.7 Å². The number of thiazole rings is 1. The van der Waals surface area contributed by atoms with Crippen LogP contribution in [0.15, 0.2) is 32.7 Å². The zero-order chi connectivity index (χ0) is 14.7. The molecule has 8 heteroatoms. The highest BCUT2D eigenvalue weighted by molar-refractivity contribution is 9.10. The van der Waals surface area contributed by atoms with E-state index in [9.17, 15) is 0 Å². The predicted octanol–water partition coefficient (Wildman–Crippen LogP) is 3.11. The maximum absolute atomic E-state index is 5.60. The van der Waals surface area contributed by atoms with E-state index >= 15 is 0 Å². The second-order valence-corrected chi connectivity index (χ2v) is 6.12. The fourth-order valence-electron chi connectivity index (χ4n) is 1.86. The number of hydrogen-bond donors (Lipinski definition) is 1. The van der Waals surface area contributed by atoms with Crippen LogP contribution in [0.4, 0.5) is 5.13 Å². The average molecular weight is 366 g/mol. The largest absolute Gasteiger partial charge is 0.375 e. The molecule has 0 saturated heterocycles. The lowest BCUT2D eigenvalue weighted by Crippen LogP contribution is -1.92. The molecule has 0 saturated carbocycles. The zero-order valence-corrected chi connectivity index (χ0v) is 13.4. The van der Waals surface area contributed by atoms with Crippen molar-refractivity contribution in [3.05, 3.63) is 39.8 Å². The Balaban J connectivity index is 1.62. The summed E-state index contributed by atoms with van der Waals surface area (Å²) in [6.45, 7) is 0. The molecule has 0 aromatic carbocycles. The van der Waals surface area contributed by atoms with Crippen LogP contribution in [0.1, 0.15) is 18.0 Å². The molecule has 0 unspecified atom stereocenters. The van der Waals surface area contributed by atoms with E-state index in [1.165, 1.54) is 11.3 Å². The molecule has 0 spiro atoms. The molecular formula is C13H12BrN5OS. The van der Waals surface area contributed by atoms with Crippen LogP contribution >= 0.6 is 27.3 Å². The lowest BCUT2D eigenvalue weighted by molar-refractivity contribution is 0.376. The molecule has 0 aliphatic rings. The Kier molecular flexibility index (Phi) is 4.26. The molecule has 6 nitrogen and oxygen atoms in total. The van der Waals surface area contributed by atoms with Gasteiger partial charge in [0.15, 0.2) is 5.13 Å². The second kappa shape index (κ2) is 6.31. The molecule has 0 aliphatic carbocycles. The number of nitrogens with zero attached hydrogens (tertiary/aromatic N) is 4. The Morgan fingerprint density at radius 2 is 2.19 bits per heavy atom. The van der Waals surface area contributed by atoms with Gasteiger partial charge >= 0.3 is 0 Å². The third kappa shape index (κ3) is 3.45. The fourth-order valence-corrected chi connectivity index (χ4v) is 2.89. The lowest BCUT2D eigenvalue weighted by Gasteiger charge is -1.95. The molecule has 2 N–H and O–H groups in total. The number of nitrogens with two attached hydrogens (primary N) is 1. The second-order valence-electron chi connectivity index (χ2n) is 4.38. The number of hydrogen-bond acceptors (Lipinski definition) is 7. The maximum Gasteiger partial charge on any atom is 0.227 e. The van der Waals surface area contributed by atoms with Crippen LogP contribution in [0.5, 0.6) is 0 Å². The Hall–Kier alpha value is -1.80. The summed E-state index contributed by atoms with van der Waals surface area (Å²) < 4.78 is 6.10. The van der Waals surface area contributed by atoms with Crippen LogP contribution in [0.3, 0.4) is 0 Å². The van der Waals surface area contributed by atoms with E-state index in [1.54, 1.807) is 6.20 Å². The summed E-state index contributed by atoms with van der Waals surface area (Å²) >= 11 is 4.88. The first-order valence-electron chi connectivity index (χ1n) is 6.36. The Morgan fingerprint density at radius 3 is 2.95 bits per heavy atom. The third-order valence-electron chi connectivity index (χ3n) is 2.83. The molecule has 0 atom stereocenters. The van der Waals surface area contributed by atoms with E-state index < -0.39 is 0 Å². The van der Waals surface area contributed by atoms with Crippen molar-refractivity contribution in [1.29, 1.82) is 0 Å². The molecule has 108 valence electrons. The van der Waals surface area contributed by atoms with Gasteiger partial charge in [0.05, 0.1) is 5.69 Å². The van der Waals surface area contributed by atoms with Gasteiger partial charge in [-0.15, -0.1) is 11.3 Å². The molecule has 3 heterocycles. The summed E-state index contributed by atoms with van der Waals surface area (Å²) in [5, 5.41) is 6.54. The van der Waals surface area contributed by atoms with E-state index in [4.69, 9.17) is 10.3 Å². The van der Waals surface area contributed by atoms with Crippen LogP contribution in [-0.4, -0.2) is 20.1 Å². The van der Waals surface area contributed by atoms with E-state index in [-0.39, 0.29) is 0 Å². The Morgan fingerprint density at radius 1 is 1.29 bits per heavy atom. The first-order valence-corrected chi connectivity index (χ1v) is 8.03. The SMILES string of the molecule is Nc1nc(CCCc2nc(-c3ncccc3Br)no2)cs1. The maximum atomic E-state index is 5.60. The van der Waals surface area contributed by atoms with Crippen LogP contribution < -0.4 is 5.73 Å². The van der Waals surface area contributed by atoms with Gasteiger partial charge in [0.25, 0.3) is 0 Å². The van der Waals surface area contributed by atoms with E-state index in [1.807, 2.05) is 17.5 Å². The molecule has 0 radical (unpaired) electrons. The van der Waals surface area contributed by atoms with Gasteiger partial charge in [-0.3, -0.25) is 4.98 Å². The highest BCUT2D eigenvalue weighted by Crippen LogP contribution is 2.23. The fraction of sp³-hybridized carbons (Fsp3) is 0.231. The summed E-state index contributed by atoms with van der Waals surface area (Å²) in [5.41, 5.74) is 7.28.